The molecule has 0 atom stereocenters. The number of rotatable bonds is 7. The molecule has 3 aromatic heterocycles. The van der Waals surface area contributed by atoms with Gasteiger partial charge < -0.3 is 8.98 Å². The molecule has 0 radical (unpaired) electrons. The molecule has 8 heteroatoms. The van der Waals surface area contributed by atoms with Gasteiger partial charge in [0.25, 0.3) is 0 Å². The Kier molecular flexibility index (Phi) is 5.35. The van der Waals surface area contributed by atoms with Crippen LogP contribution in [0.2, 0.25) is 0 Å². The quantitative estimate of drug-likeness (QED) is 0.340. The molecule has 29 heavy (non-hydrogen) atoms. The summed E-state index contributed by atoms with van der Waals surface area (Å²) >= 11 is 1.34. The first kappa shape index (κ1) is 19.2. The Balaban J connectivity index is 1.50. The van der Waals surface area contributed by atoms with Crippen LogP contribution in [-0.2, 0) is 6.54 Å². The molecule has 4 rings (SSSR count). The molecule has 0 unspecified atom stereocenters. The van der Waals surface area contributed by atoms with Gasteiger partial charge in [-0.25, -0.2) is 0 Å². The van der Waals surface area contributed by atoms with Gasteiger partial charge in [-0.15, -0.1) is 5.10 Å². The number of Topliss-reactive ketones (excluding diaryl/α,β-unsaturated/α-hetero) is 1. The van der Waals surface area contributed by atoms with Crippen LogP contribution in [0.1, 0.15) is 33.1 Å². The second-order valence-electron chi connectivity index (χ2n) is 6.82. The average molecular weight is 407 g/mol. The molecule has 0 aliphatic heterocycles. The second kappa shape index (κ2) is 8.08. The molecule has 0 fully saturated rings. The highest BCUT2D eigenvalue weighted by Gasteiger charge is 2.19. The summed E-state index contributed by atoms with van der Waals surface area (Å²) in [6.07, 6.45) is 1.66. The van der Waals surface area contributed by atoms with E-state index >= 15 is 0 Å². The maximum absolute atomic E-state index is 12.9. The highest BCUT2D eigenvalue weighted by Crippen LogP contribution is 2.24. The zero-order valence-corrected chi connectivity index (χ0v) is 17.3. The van der Waals surface area contributed by atoms with Crippen molar-refractivity contribution in [2.45, 2.75) is 32.5 Å². The van der Waals surface area contributed by atoms with Crippen molar-refractivity contribution in [1.29, 1.82) is 0 Å². The molecule has 0 saturated heterocycles. The van der Waals surface area contributed by atoms with E-state index in [9.17, 15) is 4.79 Å². The maximum Gasteiger partial charge on any atom is 0.214 e. The number of para-hydroxylation sites is 1. The summed E-state index contributed by atoms with van der Waals surface area (Å²) in [5.74, 6) is 1.17. The lowest BCUT2D eigenvalue weighted by Gasteiger charge is -2.08. The van der Waals surface area contributed by atoms with Gasteiger partial charge in [-0.3, -0.25) is 4.79 Å². The first-order chi connectivity index (χ1) is 14.0. The molecule has 1 aromatic carbocycles. The van der Waals surface area contributed by atoms with Gasteiger partial charge >= 0.3 is 0 Å². The lowest BCUT2D eigenvalue weighted by atomic mass is 10.2. The van der Waals surface area contributed by atoms with Crippen molar-refractivity contribution in [3.05, 3.63) is 77.0 Å². The van der Waals surface area contributed by atoms with Crippen molar-refractivity contribution in [3.63, 3.8) is 0 Å². The summed E-state index contributed by atoms with van der Waals surface area (Å²) in [5, 5.41) is 12.6. The highest BCUT2D eigenvalue weighted by atomic mass is 32.2. The summed E-state index contributed by atoms with van der Waals surface area (Å²) in [6.45, 7) is 6.57. The summed E-state index contributed by atoms with van der Waals surface area (Å²) in [7, 11) is 0. The normalized spacial score (nSPS) is 11.1. The predicted octanol–water partition coefficient (Wildman–Crippen LogP) is 4.01. The largest absolute Gasteiger partial charge is 0.467 e. The zero-order chi connectivity index (χ0) is 20.4. The minimum atomic E-state index is 0.0492. The molecule has 4 aromatic rings. The topological polar surface area (TPSA) is 78.7 Å². The maximum atomic E-state index is 12.9. The number of carbonyl (C=O) groups excluding carboxylic acids is 1. The Labute approximate surface area is 172 Å². The van der Waals surface area contributed by atoms with E-state index < -0.39 is 0 Å². The SMILES string of the molecule is Cc1ccccc1-n1nnnc1SCC(=O)c1cc(C)n(Cc2ccco2)c1C. The van der Waals surface area contributed by atoms with Gasteiger partial charge in [0.05, 0.1) is 24.2 Å². The monoisotopic (exact) mass is 407 g/mol. The van der Waals surface area contributed by atoms with Gasteiger partial charge in [0.1, 0.15) is 5.76 Å². The lowest BCUT2D eigenvalue weighted by molar-refractivity contribution is 0.102. The van der Waals surface area contributed by atoms with E-state index in [0.717, 1.165) is 34.0 Å². The van der Waals surface area contributed by atoms with Gasteiger partial charge in [0, 0.05) is 17.0 Å². The van der Waals surface area contributed by atoms with Crippen LogP contribution in [0, 0.1) is 20.8 Å². The van der Waals surface area contributed by atoms with Crippen molar-refractivity contribution in [2.24, 2.45) is 0 Å². The number of benzene rings is 1. The fraction of sp³-hybridized carbons (Fsp3) is 0.238. The number of hydrogen-bond donors (Lipinski definition) is 0. The molecule has 7 nitrogen and oxygen atoms in total. The highest BCUT2D eigenvalue weighted by molar-refractivity contribution is 7.99. The summed E-state index contributed by atoms with van der Waals surface area (Å²) in [5.41, 5.74) is 4.65. The van der Waals surface area contributed by atoms with E-state index in [1.165, 1.54) is 11.8 Å². The van der Waals surface area contributed by atoms with Crippen molar-refractivity contribution in [3.8, 4) is 5.69 Å². The van der Waals surface area contributed by atoms with Gasteiger partial charge in [-0.2, -0.15) is 4.68 Å². The Bertz CT molecular complexity index is 1140. The molecular formula is C21H21N5O2S. The average Bonchev–Trinajstić information content (AvgIpc) is 3.44. The molecule has 0 saturated carbocycles. The van der Waals surface area contributed by atoms with Crippen molar-refractivity contribution >= 4 is 17.5 Å². The number of nitrogens with zero attached hydrogens (tertiary/aromatic N) is 5. The number of hydrogen-bond acceptors (Lipinski definition) is 6. The van der Waals surface area contributed by atoms with E-state index in [-0.39, 0.29) is 11.5 Å². The third-order valence-electron chi connectivity index (χ3n) is 4.89. The number of aryl methyl sites for hydroxylation is 2. The number of furan rings is 1. The summed E-state index contributed by atoms with van der Waals surface area (Å²) in [4.78, 5) is 12.9. The second-order valence-corrected chi connectivity index (χ2v) is 7.76. The molecule has 3 heterocycles. The zero-order valence-electron chi connectivity index (χ0n) is 16.5. The third-order valence-corrected chi connectivity index (χ3v) is 5.80. The van der Waals surface area contributed by atoms with Crippen LogP contribution in [0.25, 0.3) is 5.69 Å². The van der Waals surface area contributed by atoms with Crippen molar-refractivity contribution < 1.29 is 9.21 Å². The van der Waals surface area contributed by atoms with Crippen LogP contribution in [0.3, 0.4) is 0 Å². The van der Waals surface area contributed by atoms with E-state index in [0.29, 0.717) is 11.7 Å². The number of carbonyl (C=O) groups is 1. The summed E-state index contributed by atoms with van der Waals surface area (Å²) in [6, 6.07) is 13.6. The van der Waals surface area contributed by atoms with Crippen molar-refractivity contribution in [2.75, 3.05) is 5.75 Å². The summed E-state index contributed by atoms with van der Waals surface area (Å²) < 4.78 is 9.21. The lowest BCUT2D eigenvalue weighted by Crippen LogP contribution is -2.08. The first-order valence-electron chi connectivity index (χ1n) is 9.24. The molecular weight excluding hydrogens is 386 g/mol. The number of aromatic nitrogens is 5. The van der Waals surface area contributed by atoms with Gasteiger partial charge in [-0.05, 0) is 61.0 Å². The number of tetrazole rings is 1. The molecule has 0 aliphatic carbocycles. The Hall–Kier alpha value is -3.13. The fourth-order valence-electron chi connectivity index (χ4n) is 3.31. The fourth-order valence-corrected chi connectivity index (χ4v) is 4.08. The molecule has 0 aliphatic rings. The van der Waals surface area contributed by atoms with E-state index in [2.05, 4.69) is 20.1 Å². The molecule has 0 amide bonds. The Morgan fingerprint density at radius 2 is 1.97 bits per heavy atom. The van der Waals surface area contributed by atoms with Crippen LogP contribution >= 0.6 is 11.8 Å². The Morgan fingerprint density at radius 1 is 1.14 bits per heavy atom. The molecule has 0 spiro atoms. The smallest absolute Gasteiger partial charge is 0.214 e. The third kappa shape index (κ3) is 3.88. The van der Waals surface area contributed by atoms with Crippen LogP contribution in [-0.4, -0.2) is 36.3 Å². The molecule has 0 bridgehead atoms. The molecule has 148 valence electrons. The standard InChI is InChI=1S/C21H21N5O2S/c1-14-7-4-5-9-19(14)26-21(22-23-24-26)29-13-20(27)18-11-15(2)25(16(18)3)12-17-8-6-10-28-17/h4-11H,12-13H2,1-3H3. The van der Waals surface area contributed by atoms with Gasteiger partial charge in [0.15, 0.2) is 5.78 Å². The van der Waals surface area contributed by atoms with E-state index in [1.807, 2.05) is 63.2 Å². The van der Waals surface area contributed by atoms with Crippen LogP contribution in [0.15, 0.2) is 58.3 Å². The van der Waals surface area contributed by atoms with Crippen LogP contribution < -0.4 is 0 Å². The van der Waals surface area contributed by atoms with Gasteiger partial charge in [0.2, 0.25) is 5.16 Å². The number of thioether (sulfide) groups is 1. The Morgan fingerprint density at radius 3 is 2.72 bits per heavy atom. The van der Waals surface area contributed by atoms with E-state index in [4.69, 9.17) is 4.42 Å². The van der Waals surface area contributed by atoms with Crippen LogP contribution in [0.5, 0.6) is 0 Å². The van der Waals surface area contributed by atoms with E-state index in [1.54, 1.807) is 10.9 Å². The predicted molar refractivity (Wildman–Crippen MR) is 111 cm³/mol. The van der Waals surface area contributed by atoms with Gasteiger partial charge in [-0.1, -0.05) is 30.0 Å². The van der Waals surface area contributed by atoms with Crippen molar-refractivity contribution in [1.82, 2.24) is 24.8 Å². The number of ketones is 1. The minimum absolute atomic E-state index is 0.0492. The first-order valence-corrected chi connectivity index (χ1v) is 10.2. The molecule has 0 N–H and O–H groups in total. The van der Waals surface area contributed by atoms with Crippen LogP contribution in [0.4, 0.5) is 0 Å². The minimum Gasteiger partial charge on any atom is -0.467 e.